The van der Waals surface area contributed by atoms with E-state index in [1.54, 1.807) is 6.92 Å². The third-order valence-corrected chi connectivity index (χ3v) is 9.18. The van der Waals surface area contributed by atoms with E-state index in [0.717, 1.165) is 5.92 Å². The fraction of sp³-hybridized carbons (Fsp3) is 0.921. The minimum Gasteiger partial charge on any atom is -0.462 e. The van der Waals surface area contributed by atoms with Crippen LogP contribution in [0.4, 0.5) is 0 Å². The van der Waals surface area contributed by atoms with Crippen molar-refractivity contribution in [2.75, 3.05) is 6.61 Å². The van der Waals surface area contributed by atoms with Crippen LogP contribution in [0.2, 0.25) is 0 Å². The summed E-state index contributed by atoms with van der Waals surface area (Å²) in [6, 6.07) is 0. The van der Waals surface area contributed by atoms with Crippen molar-refractivity contribution in [3.8, 4) is 0 Å². The number of ether oxygens (including phenoxy) is 1. The number of hydrogen-bond donors (Lipinski definition) is 0. The molecule has 40 heavy (non-hydrogen) atoms. The van der Waals surface area contributed by atoms with Gasteiger partial charge in [-0.2, -0.15) is 0 Å². The van der Waals surface area contributed by atoms with Crippen LogP contribution in [0.5, 0.6) is 0 Å². The van der Waals surface area contributed by atoms with Crippen LogP contribution in [0.15, 0.2) is 12.2 Å². The molecule has 0 heterocycles. The SMILES string of the molecule is C=C(C)C(=O)OCC(CCC(C)CCCCCCCCCCCCC)C(C)CCCCCCCCCCCCC. The molecule has 3 unspecified atom stereocenters. The fourth-order valence-corrected chi connectivity index (χ4v) is 6.00. The maximum Gasteiger partial charge on any atom is 0.333 e. The third-order valence-electron chi connectivity index (χ3n) is 9.18. The molecular formula is C38H74O2. The summed E-state index contributed by atoms with van der Waals surface area (Å²) in [5.41, 5.74) is 0.515. The summed E-state index contributed by atoms with van der Waals surface area (Å²) in [5, 5.41) is 0. The van der Waals surface area contributed by atoms with E-state index in [-0.39, 0.29) is 5.97 Å². The summed E-state index contributed by atoms with van der Waals surface area (Å²) in [6.45, 7) is 15.5. The zero-order valence-corrected chi connectivity index (χ0v) is 28.3. The summed E-state index contributed by atoms with van der Waals surface area (Å²) in [5.74, 6) is 1.64. The molecule has 238 valence electrons. The lowest BCUT2D eigenvalue weighted by atomic mass is 9.83. The van der Waals surface area contributed by atoms with Crippen LogP contribution in [0, 0.1) is 17.8 Å². The minimum atomic E-state index is -0.221. The van der Waals surface area contributed by atoms with Crippen LogP contribution in [0.1, 0.15) is 202 Å². The van der Waals surface area contributed by atoms with Gasteiger partial charge in [-0.25, -0.2) is 4.79 Å². The molecule has 0 radical (unpaired) electrons. The first-order valence-electron chi connectivity index (χ1n) is 18.2. The number of carbonyl (C=O) groups is 1. The molecule has 2 nitrogen and oxygen atoms in total. The second-order valence-electron chi connectivity index (χ2n) is 13.4. The van der Waals surface area contributed by atoms with E-state index >= 15 is 0 Å². The molecule has 0 aromatic heterocycles. The molecule has 0 aromatic carbocycles. The molecule has 0 saturated carbocycles. The zero-order valence-electron chi connectivity index (χ0n) is 28.3. The van der Waals surface area contributed by atoms with Gasteiger partial charge in [0, 0.05) is 5.57 Å². The van der Waals surface area contributed by atoms with Gasteiger partial charge in [0.1, 0.15) is 0 Å². The van der Waals surface area contributed by atoms with Crippen molar-refractivity contribution in [2.24, 2.45) is 17.8 Å². The smallest absolute Gasteiger partial charge is 0.333 e. The highest BCUT2D eigenvalue weighted by Gasteiger charge is 2.20. The number of unbranched alkanes of at least 4 members (excludes halogenated alkanes) is 20. The Morgan fingerprint density at radius 2 is 0.925 bits per heavy atom. The van der Waals surface area contributed by atoms with Crippen LogP contribution in [0.25, 0.3) is 0 Å². The van der Waals surface area contributed by atoms with Gasteiger partial charge in [-0.3, -0.25) is 0 Å². The average Bonchev–Trinajstić information content (AvgIpc) is 2.94. The third kappa shape index (κ3) is 26.1. The quantitative estimate of drug-likeness (QED) is 0.0477. The second kappa shape index (κ2) is 29.7. The van der Waals surface area contributed by atoms with Crippen LogP contribution in [-0.2, 0) is 9.53 Å². The molecule has 0 aromatic rings. The Balaban J connectivity index is 4.10. The van der Waals surface area contributed by atoms with Gasteiger partial charge < -0.3 is 4.74 Å². The fourth-order valence-electron chi connectivity index (χ4n) is 6.00. The van der Waals surface area contributed by atoms with E-state index in [4.69, 9.17) is 4.74 Å². The van der Waals surface area contributed by atoms with Crippen molar-refractivity contribution < 1.29 is 9.53 Å². The Kier molecular flexibility index (Phi) is 29.1. The van der Waals surface area contributed by atoms with Gasteiger partial charge in [-0.05, 0) is 31.1 Å². The van der Waals surface area contributed by atoms with E-state index in [1.165, 1.54) is 167 Å². The van der Waals surface area contributed by atoms with Crippen molar-refractivity contribution in [2.45, 2.75) is 202 Å². The number of esters is 1. The van der Waals surface area contributed by atoms with E-state index in [2.05, 4.69) is 34.3 Å². The van der Waals surface area contributed by atoms with Gasteiger partial charge in [0.2, 0.25) is 0 Å². The zero-order chi connectivity index (χ0) is 29.7. The molecule has 3 atom stereocenters. The summed E-state index contributed by atoms with van der Waals surface area (Å²) >= 11 is 0. The highest BCUT2D eigenvalue weighted by Crippen LogP contribution is 2.27. The van der Waals surface area contributed by atoms with Gasteiger partial charge in [0.05, 0.1) is 6.61 Å². The minimum absolute atomic E-state index is 0.221. The maximum absolute atomic E-state index is 12.1. The molecule has 0 fully saturated rings. The van der Waals surface area contributed by atoms with Gasteiger partial charge in [0.15, 0.2) is 0 Å². The summed E-state index contributed by atoms with van der Waals surface area (Å²) in [6.07, 6.45) is 35.9. The Hall–Kier alpha value is -0.790. The van der Waals surface area contributed by atoms with Gasteiger partial charge >= 0.3 is 5.97 Å². The predicted molar refractivity (Wildman–Crippen MR) is 179 cm³/mol. The predicted octanol–water partition coefficient (Wildman–Crippen LogP) is 13.2. The molecule has 0 aliphatic heterocycles. The van der Waals surface area contributed by atoms with E-state index < -0.39 is 0 Å². The lowest BCUT2D eigenvalue weighted by Gasteiger charge is -2.25. The largest absolute Gasteiger partial charge is 0.462 e. The van der Waals surface area contributed by atoms with Crippen molar-refractivity contribution >= 4 is 5.97 Å². The van der Waals surface area contributed by atoms with Gasteiger partial charge in [0.25, 0.3) is 0 Å². The average molecular weight is 563 g/mol. The summed E-state index contributed by atoms with van der Waals surface area (Å²) < 4.78 is 5.66. The Morgan fingerprint density at radius 1 is 0.550 bits per heavy atom. The number of rotatable bonds is 31. The molecule has 0 spiro atoms. The molecule has 0 amide bonds. The normalized spacial score (nSPS) is 13.7. The van der Waals surface area contributed by atoms with E-state index in [9.17, 15) is 4.79 Å². The Bertz CT molecular complexity index is 554. The topological polar surface area (TPSA) is 26.3 Å². The number of carbonyl (C=O) groups excluding carboxylic acids is 1. The van der Waals surface area contributed by atoms with Crippen LogP contribution >= 0.6 is 0 Å². The molecule has 0 aliphatic rings. The Labute approximate surface area is 253 Å². The molecular weight excluding hydrogens is 488 g/mol. The highest BCUT2D eigenvalue weighted by molar-refractivity contribution is 5.86. The standard InChI is InChI=1S/C38H74O2/c1-7-9-11-13-15-17-19-21-23-25-27-29-35(5)31-32-37(33-40-38(39)34(3)4)36(6)30-28-26-24-22-20-18-16-14-12-10-8-2/h35-37H,3,7-33H2,1-2,4-6H3. The van der Waals surface area contributed by atoms with Crippen LogP contribution in [-0.4, -0.2) is 12.6 Å². The molecule has 0 bridgehead atoms. The van der Waals surface area contributed by atoms with Crippen LogP contribution in [0.3, 0.4) is 0 Å². The second-order valence-corrected chi connectivity index (χ2v) is 13.4. The molecule has 2 heteroatoms. The summed E-state index contributed by atoms with van der Waals surface area (Å²) in [7, 11) is 0. The van der Waals surface area contributed by atoms with E-state index in [1.807, 2.05) is 0 Å². The first kappa shape index (κ1) is 39.2. The van der Waals surface area contributed by atoms with E-state index in [0.29, 0.717) is 24.0 Å². The van der Waals surface area contributed by atoms with Gasteiger partial charge in [-0.1, -0.05) is 195 Å². The maximum atomic E-state index is 12.1. The molecule has 0 N–H and O–H groups in total. The molecule has 0 rings (SSSR count). The number of hydrogen-bond acceptors (Lipinski definition) is 2. The van der Waals surface area contributed by atoms with Crippen molar-refractivity contribution in [1.29, 1.82) is 0 Å². The highest BCUT2D eigenvalue weighted by atomic mass is 16.5. The lowest BCUT2D eigenvalue weighted by molar-refractivity contribution is -0.141. The van der Waals surface area contributed by atoms with Gasteiger partial charge in [-0.15, -0.1) is 0 Å². The first-order valence-corrected chi connectivity index (χ1v) is 18.2. The molecule has 0 aliphatic carbocycles. The Morgan fingerprint density at radius 3 is 1.32 bits per heavy atom. The van der Waals surface area contributed by atoms with Crippen LogP contribution < -0.4 is 0 Å². The first-order chi connectivity index (χ1) is 19.4. The lowest BCUT2D eigenvalue weighted by Crippen LogP contribution is -2.21. The summed E-state index contributed by atoms with van der Waals surface area (Å²) in [4.78, 5) is 12.1. The monoisotopic (exact) mass is 563 g/mol. The molecule has 0 saturated heterocycles. The van der Waals surface area contributed by atoms with Crippen molar-refractivity contribution in [1.82, 2.24) is 0 Å². The van der Waals surface area contributed by atoms with Crippen molar-refractivity contribution in [3.63, 3.8) is 0 Å². The van der Waals surface area contributed by atoms with Crippen molar-refractivity contribution in [3.05, 3.63) is 12.2 Å².